The monoisotopic (exact) mass is 677 g/mol. The molecule has 0 aliphatic carbocycles. The van der Waals surface area contributed by atoms with Crippen molar-refractivity contribution in [2.45, 2.75) is 0 Å². The number of para-hydroxylation sites is 3. The fourth-order valence-electron chi connectivity index (χ4n) is 7.27. The number of rotatable bonds is 6. The molecule has 248 valence electrons. The zero-order valence-corrected chi connectivity index (χ0v) is 28.6. The van der Waals surface area contributed by atoms with Gasteiger partial charge in [0.05, 0.1) is 11.0 Å². The first kappa shape index (κ1) is 30.6. The van der Waals surface area contributed by atoms with Crippen LogP contribution in [0.15, 0.2) is 188 Å². The van der Waals surface area contributed by atoms with Crippen molar-refractivity contribution in [3.05, 3.63) is 188 Å². The lowest BCUT2D eigenvalue weighted by Crippen LogP contribution is -2.01. The van der Waals surface area contributed by atoms with Gasteiger partial charge in [0.1, 0.15) is 5.82 Å². The van der Waals surface area contributed by atoms with E-state index in [0.29, 0.717) is 17.5 Å². The van der Waals surface area contributed by atoms with Crippen LogP contribution in [0.5, 0.6) is 0 Å². The minimum atomic E-state index is 0.632. The number of aromatic nitrogens is 5. The van der Waals surface area contributed by atoms with Gasteiger partial charge in [0.2, 0.25) is 0 Å². The van der Waals surface area contributed by atoms with E-state index in [4.69, 9.17) is 19.9 Å². The molecule has 0 atom stereocenters. The first-order valence-electron chi connectivity index (χ1n) is 17.7. The maximum Gasteiger partial charge on any atom is 0.164 e. The second-order valence-corrected chi connectivity index (χ2v) is 13.1. The van der Waals surface area contributed by atoms with Gasteiger partial charge in [-0.1, -0.05) is 164 Å². The smallest absolute Gasteiger partial charge is 0.164 e. The Kier molecular flexibility index (Phi) is 7.40. The zero-order chi connectivity index (χ0) is 35.1. The maximum absolute atomic E-state index is 5.11. The van der Waals surface area contributed by atoms with Crippen LogP contribution >= 0.6 is 0 Å². The van der Waals surface area contributed by atoms with Gasteiger partial charge in [-0.25, -0.2) is 19.9 Å². The summed E-state index contributed by atoms with van der Waals surface area (Å²) in [5.41, 5.74) is 9.29. The molecule has 2 aromatic heterocycles. The molecule has 5 nitrogen and oxygen atoms in total. The lowest BCUT2D eigenvalue weighted by molar-refractivity contribution is 1.08. The Labute approximate surface area is 306 Å². The first-order valence-corrected chi connectivity index (χ1v) is 17.7. The lowest BCUT2D eigenvalue weighted by atomic mass is 10.0. The van der Waals surface area contributed by atoms with E-state index < -0.39 is 0 Å². The fraction of sp³-hybridized carbons (Fsp3) is 0. The van der Waals surface area contributed by atoms with Crippen LogP contribution < -0.4 is 0 Å². The standard InChI is InChI=1S/C48H31N5/c1-2-16-38(17-3-1)53-44-23-9-8-22-43(44)49-48(53)37-30-26-33(27-31-37)32-24-28-36(29-25-32)45-50-46(41-20-10-14-34-12-4-6-18-39(34)41)52-47(51-45)42-21-11-15-35-13-5-7-19-40(35)42/h1-31H. The highest BCUT2D eigenvalue weighted by molar-refractivity contribution is 5.97. The van der Waals surface area contributed by atoms with Crippen LogP contribution in [0.1, 0.15) is 0 Å². The number of hydrogen-bond donors (Lipinski definition) is 0. The van der Waals surface area contributed by atoms with E-state index >= 15 is 0 Å². The molecule has 0 saturated carbocycles. The summed E-state index contributed by atoms with van der Waals surface area (Å²) in [5, 5.41) is 4.50. The van der Waals surface area contributed by atoms with Crippen molar-refractivity contribution in [3.8, 4) is 62.4 Å². The predicted octanol–water partition coefficient (Wildman–Crippen LogP) is 11.9. The highest BCUT2D eigenvalue weighted by Crippen LogP contribution is 2.34. The third kappa shape index (κ3) is 5.52. The quantitative estimate of drug-likeness (QED) is 0.176. The van der Waals surface area contributed by atoms with E-state index in [-0.39, 0.29) is 0 Å². The minimum absolute atomic E-state index is 0.632. The van der Waals surface area contributed by atoms with Crippen LogP contribution in [0.2, 0.25) is 0 Å². The van der Waals surface area contributed by atoms with Crippen molar-refractivity contribution < 1.29 is 0 Å². The molecular weight excluding hydrogens is 647 g/mol. The van der Waals surface area contributed by atoms with Crippen LogP contribution in [-0.4, -0.2) is 24.5 Å². The molecule has 0 N–H and O–H groups in total. The third-order valence-electron chi connectivity index (χ3n) is 9.89. The highest BCUT2D eigenvalue weighted by Gasteiger charge is 2.17. The van der Waals surface area contributed by atoms with Gasteiger partial charge in [-0.05, 0) is 56.9 Å². The molecule has 0 aliphatic rings. The van der Waals surface area contributed by atoms with Crippen LogP contribution in [0, 0.1) is 0 Å². The Balaban J connectivity index is 1.04. The Bertz CT molecular complexity index is 2820. The minimum Gasteiger partial charge on any atom is -0.292 e. The van der Waals surface area contributed by atoms with Crippen LogP contribution in [0.3, 0.4) is 0 Å². The summed E-state index contributed by atoms with van der Waals surface area (Å²) in [5.74, 6) is 2.84. The Morgan fingerprint density at radius 2 is 0.792 bits per heavy atom. The second-order valence-electron chi connectivity index (χ2n) is 13.1. The average molecular weight is 678 g/mol. The molecule has 0 amide bonds. The normalized spacial score (nSPS) is 11.4. The summed E-state index contributed by atoms with van der Waals surface area (Å²) < 4.78 is 2.23. The van der Waals surface area contributed by atoms with Crippen molar-refractivity contribution in [3.63, 3.8) is 0 Å². The van der Waals surface area contributed by atoms with Gasteiger partial charge < -0.3 is 0 Å². The number of hydrogen-bond acceptors (Lipinski definition) is 4. The van der Waals surface area contributed by atoms with Crippen LogP contribution in [-0.2, 0) is 0 Å². The molecule has 10 aromatic rings. The number of fused-ring (bicyclic) bond motifs is 3. The molecule has 0 spiro atoms. The molecule has 0 radical (unpaired) electrons. The molecule has 0 bridgehead atoms. The van der Waals surface area contributed by atoms with Crippen molar-refractivity contribution in [2.24, 2.45) is 0 Å². The second kappa shape index (κ2) is 12.8. The molecule has 53 heavy (non-hydrogen) atoms. The van der Waals surface area contributed by atoms with Crippen molar-refractivity contribution in [1.29, 1.82) is 0 Å². The van der Waals surface area contributed by atoms with Gasteiger partial charge in [-0.3, -0.25) is 4.57 Å². The van der Waals surface area contributed by atoms with E-state index in [0.717, 1.165) is 77.5 Å². The summed E-state index contributed by atoms with van der Waals surface area (Å²) >= 11 is 0. The molecule has 8 aromatic carbocycles. The summed E-state index contributed by atoms with van der Waals surface area (Å²) in [4.78, 5) is 20.3. The van der Waals surface area contributed by atoms with Crippen molar-refractivity contribution >= 4 is 32.6 Å². The lowest BCUT2D eigenvalue weighted by Gasteiger charge is -2.12. The van der Waals surface area contributed by atoms with Gasteiger partial charge in [0, 0.05) is 27.9 Å². The predicted molar refractivity (Wildman–Crippen MR) is 217 cm³/mol. The number of nitrogens with zero attached hydrogens (tertiary/aromatic N) is 5. The zero-order valence-electron chi connectivity index (χ0n) is 28.6. The topological polar surface area (TPSA) is 56.5 Å². The largest absolute Gasteiger partial charge is 0.292 e. The van der Waals surface area contributed by atoms with Crippen LogP contribution in [0.25, 0.3) is 94.9 Å². The molecule has 0 fully saturated rings. The van der Waals surface area contributed by atoms with Gasteiger partial charge in [0.15, 0.2) is 17.5 Å². The van der Waals surface area contributed by atoms with Gasteiger partial charge in [0.25, 0.3) is 0 Å². The van der Waals surface area contributed by atoms with E-state index in [1.807, 2.05) is 12.1 Å². The average Bonchev–Trinajstić information content (AvgIpc) is 3.63. The summed E-state index contributed by atoms with van der Waals surface area (Å²) in [6.45, 7) is 0. The Morgan fingerprint density at radius 1 is 0.321 bits per heavy atom. The molecule has 0 unspecified atom stereocenters. The summed E-state index contributed by atoms with van der Waals surface area (Å²) in [6.07, 6.45) is 0. The molecule has 2 heterocycles. The maximum atomic E-state index is 5.11. The Hall–Kier alpha value is -7.24. The number of benzene rings is 8. The fourth-order valence-corrected chi connectivity index (χ4v) is 7.27. The van der Waals surface area contributed by atoms with E-state index in [2.05, 4.69) is 180 Å². The van der Waals surface area contributed by atoms with Gasteiger partial charge in [-0.15, -0.1) is 0 Å². The van der Waals surface area contributed by atoms with E-state index in [1.165, 1.54) is 0 Å². The SMILES string of the molecule is c1ccc(-n2c(-c3ccc(-c4ccc(-c5nc(-c6cccc7ccccc67)nc(-c6cccc7ccccc67)n5)cc4)cc3)nc3ccccc32)cc1. The van der Waals surface area contributed by atoms with Crippen molar-refractivity contribution in [2.75, 3.05) is 0 Å². The molecule has 0 saturated heterocycles. The van der Waals surface area contributed by atoms with E-state index in [9.17, 15) is 0 Å². The first-order chi connectivity index (χ1) is 26.3. The highest BCUT2D eigenvalue weighted by atomic mass is 15.1. The van der Waals surface area contributed by atoms with Gasteiger partial charge in [-0.2, -0.15) is 0 Å². The summed E-state index contributed by atoms with van der Waals surface area (Å²) in [6, 6.07) is 65.1. The van der Waals surface area contributed by atoms with Crippen LogP contribution in [0.4, 0.5) is 0 Å². The van der Waals surface area contributed by atoms with Crippen molar-refractivity contribution in [1.82, 2.24) is 24.5 Å². The molecule has 10 rings (SSSR count). The van der Waals surface area contributed by atoms with E-state index in [1.54, 1.807) is 0 Å². The molecule has 0 aliphatic heterocycles. The van der Waals surface area contributed by atoms with Gasteiger partial charge >= 0.3 is 0 Å². The molecular formula is C48H31N5. The molecule has 5 heteroatoms. The summed E-state index contributed by atoms with van der Waals surface area (Å²) in [7, 11) is 0. The number of imidazole rings is 1. The Morgan fingerprint density at radius 3 is 1.42 bits per heavy atom. The third-order valence-corrected chi connectivity index (χ3v) is 9.89.